The standard InChI is InChI=1S/C18H39N.HIO3/c1-4-7-10-13-16-19(17-14-11-8-5-2)18-15-12-9-6-3;2-1(3)4/h4-18H2,1-3H3;2H. The SMILES string of the molecule is CCCCCCN(CCCCCC)CCCCCC.[O-][I+2]([O-])O. The lowest BCUT2D eigenvalue weighted by Gasteiger charge is -2.22. The highest BCUT2D eigenvalue weighted by Gasteiger charge is 2.04. The molecule has 0 aromatic heterocycles. The molecule has 142 valence electrons. The maximum Gasteiger partial charge on any atom is 0.503 e. The van der Waals surface area contributed by atoms with Gasteiger partial charge in [-0.25, -0.2) is 0 Å². The first-order valence-electron chi connectivity index (χ1n) is 9.55. The molecule has 0 aromatic rings. The zero-order valence-corrected chi connectivity index (χ0v) is 17.9. The molecular weight excluding hydrogens is 405 g/mol. The Balaban J connectivity index is 0. The number of nitrogens with zero attached hydrogens (tertiary/aromatic N) is 1. The average Bonchev–Trinajstić information content (AvgIpc) is 2.50. The van der Waals surface area contributed by atoms with Gasteiger partial charge in [-0.3, -0.25) is 0 Å². The van der Waals surface area contributed by atoms with Crippen LogP contribution in [-0.4, -0.2) is 28.0 Å². The molecule has 4 nitrogen and oxygen atoms in total. The third-order valence-electron chi connectivity index (χ3n) is 3.98. The van der Waals surface area contributed by atoms with Crippen LogP contribution in [0.3, 0.4) is 0 Å². The van der Waals surface area contributed by atoms with Crippen molar-refractivity contribution in [3.63, 3.8) is 0 Å². The van der Waals surface area contributed by atoms with Crippen molar-refractivity contribution in [1.29, 1.82) is 0 Å². The lowest BCUT2D eigenvalue weighted by Crippen LogP contribution is -3.98. The Kier molecular flexibility index (Phi) is 25.3. The van der Waals surface area contributed by atoms with E-state index in [-0.39, 0.29) is 0 Å². The van der Waals surface area contributed by atoms with E-state index in [4.69, 9.17) is 10.3 Å². The van der Waals surface area contributed by atoms with Crippen LogP contribution >= 0.6 is 0 Å². The van der Waals surface area contributed by atoms with Crippen LogP contribution in [0.15, 0.2) is 0 Å². The Morgan fingerprint density at radius 3 is 1.09 bits per heavy atom. The molecule has 0 bridgehead atoms. The largest absolute Gasteiger partial charge is 0.503 e. The predicted molar refractivity (Wildman–Crippen MR) is 91.1 cm³/mol. The Morgan fingerprint density at radius 1 is 0.609 bits per heavy atom. The minimum absolute atomic E-state index is 1.35. The Labute approximate surface area is 153 Å². The van der Waals surface area contributed by atoms with E-state index in [1.165, 1.54) is 96.7 Å². The van der Waals surface area contributed by atoms with Gasteiger partial charge in [-0.2, -0.15) is 0 Å². The summed E-state index contributed by atoms with van der Waals surface area (Å²) in [5, 5.41) is 0. The predicted octanol–water partition coefficient (Wildman–Crippen LogP) is 0.0983. The monoisotopic (exact) mass is 445 g/mol. The van der Waals surface area contributed by atoms with Crippen LogP contribution < -0.4 is 27.9 Å². The zero-order chi connectivity index (χ0) is 17.8. The highest BCUT2D eigenvalue weighted by molar-refractivity contribution is 4.59. The van der Waals surface area contributed by atoms with Gasteiger partial charge in [0.2, 0.25) is 0 Å². The molecule has 1 N–H and O–H groups in total. The van der Waals surface area contributed by atoms with Gasteiger partial charge in [-0.1, -0.05) is 78.6 Å². The molecule has 0 aliphatic rings. The summed E-state index contributed by atoms with van der Waals surface area (Å²) in [5.41, 5.74) is 0. The van der Waals surface area contributed by atoms with Crippen molar-refractivity contribution in [2.24, 2.45) is 0 Å². The molecule has 0 rings (SSSR count). The van der Waals surface area contributed by atoms with Crippen LogP contribution in [0.5, 0.6) is 0 Å². The molecule has 0 aliphatic heterocycles. The molecule has 0 fully saturated rings. The second kappa shape index (κ2) is 22.6. The van der Waals surface area contributed by atoms with Gasteiger partial charge >= 0.3 is 21.1 Å². The number of hydrogen-bond acceptors (Lipinski definition) is 4. The van der Waals surface area contributed by atoms with E-state index in [2.05, 4.69) is 25.7 Å². The highest BCUT2D eigenvalue weighted by Crippen LogP contribution is 2.08. The van der Waals surface area contributed by atoms with Gasteiger partial charge in [0.05, 0.1) is 0 Å². The van der Waals surface area contributed by atoms with E-state index in [1.54, 1.807) is 0 Å². The van der Waals surface area contributed by atoms with Crippen LogP contribution in [0, 0.1) is 0 Å². The van der Waals surface area contributed by atoms with Crippen molar-refractivity contribution in [1.82, 2.24) is 4.90 Å². The number of rotatable bonds is 15. The lowest BCUT2D eigenvalue weighted by atomic mass is 10.1. The van der Waals surface area contributed by atoms with Crippen molar-refractivity contribution < 1.29 is 31.4 Å². The van der Waals surface area contributed by atoms with Crippen LogP contribution in [0.4, 0.5) is 0 Å². The van der Waals surface area contributed by atoms with Crippen LogP contribution in [0.1, 0.15) is 97.8 Å². The quantitative estimate of drug-likeness (QED) is 0.287. The molecule has 0 aromatic carbocycles. The van der Waals surface area contributed by atoms with E-state index in [0.717, 1.165) is 0 Å². The molecule has 5 heteroatoms. The van der Waals surface area contributed by atoms with E-state index in [0.29, 0.717) is 0 Å². The van der Waals surface area contributed by atoms with Crippen molar-refractivity contribution in [2.75, 3.05) is 19.6 Å². The van der Waals surface area contributed by atoms with Gasteiger partial charge in [0.15, 0.2) is 0 Å². The Bertz CT molecular complexity index is 175. The van der Waals surface area contributed by atoms with Gasteiger partial charge in [-0.15, -0.1) is 0 Å². The molecule has 0 amide bonds. The van der Waals surface area contributed by atoms with Crippen molar-refractivity contribution >= 4 is 0 Å². The third-order valence-corrected chi connectivity index (χ3v) is 3.98. The van der Waals surface area contributed by atoms with Crippen molar-refractivity contribution in [3.8, 4) is 0 Å². The van der Waals surface area contributed by atoms with E-state index >= 15 is 0 Å². The normalized spacial score (nSPS) is 11.0. The fraction of sp³-hybridized carbons (Fsp3) is 1.00. The molecule has 0 saturated heterocycles. The number of unbranched alkanes of at least 4 members (excludes halogenated alkanes) is 9. The van der Waals surface area contributed by atoms with Gasteiger partial charge in [-0.05, 0) is 42.3 Å². The van der Waals surface area contributed by atoms with Gasteiger partial charge in [0.25, 0.3) is 0 Å². The first-order valence-corrected chi connectivity index (χ1v) is 12.3. The first-order chi connectivity index (χ1) is 11.1. The second-order valence-electron chi connectivity index (χ2n) is 6.22. The fourth-order valence-electron chi connectivity index (χ4n) is 2.62. The topological polar surface area (TPSA) is 69.6 Å². The molecular formula is C18H40INO3. The first kappa shape index (κ1) is 25.8. The maximum atomic E-state index is 8.68. The van der Waals surface area contributed by atoms with Gasteiger partial charge in [0.1, 0.15) is 0 Å². The summed E-state index contributed by atoms with van der Waals surface area (Å²) in [5.74, 6) is 0. The summed E-state index contributed by atoms with van der Waals surface area (Å²) in [7, 11) is 0. The Morgan fingerprint density at radius 2 is 0.870 bits per heavy atom. The summed E-state index contributed by atoms with van der Waals surface area (Å²) in [6, 6.07) is 0. The minimum Gasteiger partial charge on any atom is -0.396 e. The minimum atomic E-state index is -3.76. The van der Waals surface area contributed by atoms with E-state index in [1.807, 2.05) is 0 Å². The maximum absolute atomic E-state index is 8.68. The molecule has 23 heavy (non-hydrogen) atoms. The fourth-order valence-corrected chi connectivity index (χ4v) is 2.62. The molecule has 0 atom stereocenters. The number of halogens is 1. The lowest BCUT2D eigenvalue weighted by molar-refractivity contribution is -1.63. The van der Waals surface area contributed by atoms with Gasteiger partial charge in [0, 0.05) is 0 Å². The zero-order valence-electron chi connectivity index (χ0n) is 15.7. The summed E-state index contributed by atoms with van der Waals surface area (Å²) >= 11 is -3.76. The highest BCUT2D eigenvalue weighted by atomic mass is 127. The number of hydrogen-bond donors (Lipinski definition) is 1. The Hall–Kier alpha value is 0.570. The van der Waals surface area contributed by atoms with Crippen molar-refractivity contribution in [2.45, 2.75) is 97.8 Å². The van der Waals surface area contributed by atoms with Crippen molar-refractivity contribution in [3.05, 3.63) is 0 Å². The molecule has 0 aliphatic carbocycles. The summed E-state index contributed by atoms with van der Waals surface area (Å²) in [6.07, 6.45) is 16.8. The molecule has 0 spiro atoms. The van der Waals surface area contributed by atoms with Gasteiger partial charge < -0.3 is 11.8 Å². The molecule has 0 saturated carbocycles. The summed E-state index contributed by atoms with van der Waals surface area (Å²) in [4.78, 5) is 2.74. The average molecular weight is 445 g/mol. The van der Waals surface area contributed by atoms with Crippen LogP contribution in [0.25, 0.3) is 0 Å². The van der Waals surface area contributed by atoms with E-state index in [9.17, 15) is 0 Å². The molecule has 0 heterocycles. The third kappa shape index (κ3) is 27.7. The van der Waals surface area contributed by atoms with Crippen LogP contribution in [-0.2, 0) is 0 Å². The summed E-state index contributed by atoms with van der Waals surface area (Å²) in [6.45, 7) is 10.9. The van der Waals surface area contributed by atoms with Crippen LogP contribution in [0.2, 0.25) is 0 Å². The smallest absolute Gasteiger partial charge is 0.396 e. The molecule has 0 unspecified atom stereocenters. The second-order valence-corrected chi connectivity index (χ2v) is 7.37. The van der Waals surface area contributed by atoms with E-state index < -0.39 is 21.1 Å². The summed E-state index contributed by atoms with van der Waals surface area (Å²) < 4.78 is 24.5. The molecule has 0 radical (unpaired) electrons.